The zero-order valence-corrected chi connectivity index (χ0v) is 17.8. The van der Waals surface area contributed by atoms with E-state index in [9.17, 15) is 31.9 Å². The Morgan fingerprint density at radius 2 is 1.47 bits per heavy atom. The zero-order valence-electron chi connectivity index (χ0n) is 17.8. The van der Waals surface area contributed by atoms with E-state index in [-0.39, 0.29) is 23.6 Å². The molecule has 3 aromatic carbocycles. The summed E-state index contributed by atoms with van der Waals surface area (Å²) < 4.78 is 54.6. The van der Waals surface area contributed by atoms with Crippen molar-refractivity contribution >= 4 is 34.8 Å². The number of carbonyl (C=O) groups excluding carboxylic acids is 3. The van der Waals surface area contributed by atoms with E-state index in [2.05, 4.69) is 16.0 Å². The molecule has 34 heavy (non-hydrogen) atoms. The molecule has 0 spiro atoms. The van der Waals surface area contributed by atoms with Gasteiger partial charge in [-0.05, 0) is 48.0 Å². The molecule has 0 saturated heterocycles. The lowest BCUT2D eigenvalue weighted by atomic mass is 10.1. The molecular formula is C24H19F4N3O3. The van der Waals surface area contributed by atoms with Crippen LogP contribution in [0.25, 0.3) is 0 Å². The molecule has 3 rings (SSSR count). The highest BCUT2D eigenvalue weighted by atomic mass is 19.4. The molecule has 3 aromatic rings. The maximum absolute atomic E-state index is 13.8. The minimum Gasteiger partial charge on any atom is -0.326 e. The largest absolute Gasteiger partial charge is 0.418 e. The molecule has 176 valence electrons. The number of amides is 3. The number of alkyl halides is 3. The standard InChI is InChI=1S/C24H19F4N3O3/c1-14(32)29-16-8-6-15(7-9-16)12-22(33)31-21-11-10-17(13-19(21)24(26,27)28)30-23(34)18-4-2-3-5-20(18)25/h2-11,13H,12H2,1H3,(H,29,32)(H,30,34)(H,31,33). The molecule has 0 bridgehead atoms. The number of halogens is 4. The third kappa shape index (κ3) is 6.41. The first kappa shape index (κ1) is 24.4. The van der Waals surface area contributed by atoms with Crippen molar-refractivity contribution in [2.75, 3.05) is 16.0 Å². The number of carbonyl (C=O) groups is 3. The lowest BCUT2D eigenvalue weighted by Crippen LogP contribution is -2.19. The van der Waals surface area contributed by atoms with Gasteiger partial charge in [-0.2, -0.15) is 13.2 Å². The number of benzene rings is 3. The van der Waals surface area contributed by atoms with Crippen molar-refractivity contribution in [1.82, 2.24) is 0 Å². The zero-order chi connectivity index (χ0) is 24.9. The third-order valence-corrected chi connectivity index (χ3v) is 4.61. The summed E-state index contributed by atoms with van der Waals surface area (Å²) in [5.74, 6) is -2.68. The average molecular weight is 473 g/mol. The van der Waals surface area contributed by atoms with Crippen LogP contribution in [0, 0.1) is 5.82 Å². The van der Waals surface area contributed by atoms with E-state index < -0.39 is 35.1 Å². The molecule has 10 heteroatoms. The molecule has 0 saturated carbocycles. The van der Waals surface area contributed by atoms with E-state index in [1.54, 1.807) is 24.3 Å². The molecule has 6 nitrogen and oxygen atoms in total. The first-order valence-electron chi connectivity index (χ1n) is 9.96. The van der Waals surface area contributed by atoms with Gasteiger partial charge < -0.3 is 16.0 Å². The predicted octanol–water partition coefficient (Wildman–Crippen LogP) is 5.24. The van der Waals surface area contributed by atoms with E-state index >= 15 is 0 Å². The van der Waals surface area contributed by atoms with Gasteiger partial charge in [-0.3, -0.25) is 14.4 Å². The molecule has 0 heterocycles. The Morgan fingerprint density at radius 1 is 0.824 bits per heavy atom. The first-order valence-corrected chi connectivity index (χ1v) is 9.96. The summed E-state index contributed by atoms with van der Waals surface area (Å²) in [6, 6.07) is 14.2. The van der Waals surface area contributed by atoms with Crippen molar-refractivity contribution in [3.05, 3.63) is 89.2 Å². The molecule has 0 fully saturated rings. The van der Waals surface area contributed by atoms with Gasteiger partial charge in [0.05, 0.1) is 23.2 Å². The van der Waals surface area contributed by atoms with Crippen molar-refractivity contribution in [2.24, 2.45) is 0 Å². The highest BCUT2D eigenvalue weighted by Crippen LogP contribution is 2.37. The van der Waals surface area contributed by atoms with Crippen LogP contribution in [0.5, 0.6) is 0 Å². The van der Waals surface area contributed by atoms with Crippen molar-refractivity contribution in [3.8, 4) is 0 Å². The highest BCUT2D eigenvalue weighted by Gasteiger charge is 2.34. The Kier molecular flexibility index (Phi) is 7.30. The first-order chi connectivity index (χ1) is 16.0. The third-order valence-electron chi connectivity index (χ3n) is 4.61. The fraction of sp³-hybridized carbons (Fsp3) is 0.125. The summed E-state index contributed by atoms with van der Waals surface area (Å²) in [7, 11) is 0. The van der Waals surface area contributed by atoms with Crippen molar-refractivity contribution in [2.45, 2.75) is 19.5 Å². The van der Waals surface area contributed by atoms with Gasteiger partial charge in [-0.1, -0.05) is 24.3 Å². The van der Waals surface area contributed by atoms with Crippen LogP contribution >= 0.6 is 0 Å². The minimum atomic E-state index is -4.83. The quantitative estimate of drug-likeness (QED) is 0.428. The maximum Gasteiger partial charge on any atom is 0.418 e. The molecule has 0 atom stereocenters. The Labute approximate surface area is 192 Å². The summed E-state index contributed by atoms with van der Waals surface area (Å²) >= 11 is 0. The van der Waals surface area contributed by atoms with Crippen LogP contribution in [0.15, 0.2) is 66.7 Å². The summed E-state index contributed by atoms with van der Waals surface area (Å²) in [5, 5.41) is 7.03. The number of hydrogen-bond donors (Lipinski definition) is 3. The van der Waals surface area contributed by atoms with Crippen molar-refractivity contribution in [1.29, 1.82) is 0 Å². The monoisotopic (exact) mass is 473 g/mol. The van der Waals surface area contributed by atoms with Gasteiger partial charge in [0.15, 0.2) is 0 Å². The normalized spacial score (nSPS) is 11.0. The molecule has 3 amide bonds. The fourth-order valence-electron chi connectivity index (χ4n) is 3.10. The molecule has 0 aromatic heterocycles. The topological polar surface area (TPSA) is 87.3 Å². The van der Waals surface area contributed by atoms with Gasteiger partial charge in [0.2, 0.25) is 11.8 Å². The Balaban J connectivity index is 1.75. The Hall–Kier alpha value is -4.21. The van der Waals surface area contributed by atoms with Gasteiger partial charge in [0.25, 0.3) is 5.91 Å². The molecule has 3 N–H and O–H groups in total. The summed E-state index contributed by atoms with van der Waals surface area (Å²) in [4.78, 5) is 35.6. The molecule has 0 radical (unpaired) electrons. The molecule has 0 unspecified atom stereocenters. The smallest absolute Gasteiger partial charge is 0.326 e. The van der Waals surface area contributed by atoms with Crippen LogP contribution in [-0.4, -0.2) is 17.7 Å². The lowest BCUT2D eigenvalue weighted by Gasteiger charge is -2.16. The second kappa shape index (κ2) is 10.2. The van der Waals surface area contributed by atoms with Crippen LogP contribution in [0.2, 0.25) is 0 Å². The van der Waals surface area contributed by atoms with Crippen molar-refractivity contribution < 1.29 is 31.9 Å². The van der Waals surface area contributed by atoms with Crippen LogP contribution in [0.1, 0.15) is 28.4 Å². The highest BCUT2D eigenvalue weighted by molar-refractivity contribution is 6.04. The molecule has 0 aliphatic carbocycles. The van der Waals surface area contributed by atoms with Crippen molar-refractivity contribution in [3.63, 3.8) is 0 Å². The summed E-state index contributed by atoms with van der Waals surface area (Å²) in [6.07, 6.45) is -5.04. The van der Waals surface area contributed by atoms with E-state index in [0.29, 0.717) is 17.3 Å². The van der Waals surface area contributed by atoms with Gasteiger partial charge in [-0.25, -0.2) is 4.39 Å². The Bertz CT molecular complexity index is 1220. The maximum atomic E-state index is 13.8. The molecule has 0 aliphatic heterocycles. The number of nitrogens with one attached hydrogen (secondary N) is 3. The Morgan fingerprint density at radius 3 is 2.09 bits per heavy atom. The average Bonchev–Trinajstić information content (AvgIpc) is 2.75. The summed E-state index contributed by atoms with van der Waals surface area (Å²) in [6.45, 7) is 1.34. The van der Waals surface area contributed by atoms with Crippen LogP contribution in [0.3, 0.4) is 0 Å². The van der Waals surface area contributed by atoms with Crippen LogP contribution in [-0.2, 0) is 22.2 Å². The minimum absolute atomic E-state index is 0.205. The number of rotatable bonds is 6. The van der Waals surface area contributed by atoms with Gasteiger partial charge in [0, 0.05) is 18.3 Å². The van der Waals surface area contributed by atoms with Gasteiger partial charge in [-0.15, -0.1) is 0 Å². The van der Waals surface area contributed by atoms with Crippen LogP contribution < -0.4 is 16.0 Å². The molecular weight excluding hydrogens is 454 g/mol. The van der Waals surface area contributed by atoms with E-state index in [1.165, 1.54) is 31.2 Å². The second-order valence-electron chi connectivity index (χ2n) is 7.30. The molecule has 0 aliphatic rings. The summed E-state index contributed by atoms with van der Waals surface area (Å²) in [5.41, 5.74) is -1.16. The predicted molar refractivity (Wildman–Crippen MR) is 119 cm³/mol. The van der Waals surface area contributed by atoms with Gasteiger partial charge in [0.1, 0.15) is 5.82 Å². The second-order valence-corrected chi connectivity index (χ2v) is 7.30. The SMILES string of the molecule is CC(=O)Nc1ccc(CC(=O)Nc2ccc(NC(=O)c3ccccc3F)cc2C(F)(F)F)cc1. The van der Waals surface area contributed by atoms with Gasteiger partial charge >= 0.3 is 6.18 Å². The van der Waals surface area contributed by atoms with E-state index in [0.717, 1.165) is 12.1 Å². The fourth-order valence-corrected chi connectivity index (χ4v) is 3.10. The van der Waals surface area contributed by atoms with E-state index in [4.69, 9.17) is 0 Å². The number of anilines is 3. The van der Waals surface area contributed by atoms with E-state index in [1.807, 2.05) is 0 Å². The number of hydrogen-bond acceptors (Lipinski definition) is 3. The van der Waals surface area contributed by atoms with Crippen LogP contribution in [0.4, 0.5) is 34.6 Å². The lowest BCUT2D eigenvalue weighted by molar-refractivity contribution is -0.137.